The fourth-order valence-electron chi connectivity index (χ4n) is 2.90. The average molecular weight is 521 g/mol. The van der Waals surface area contributed by atoms with E-state index >= 15 is 0 Å². The van der Waals surface area contributed by atoms with Crippen molar-refractivity contribution in [3.05, 3.63) is 28.4 Å². The summed E-state index contributed by atoms with van der Waals surface area (Å²) in [6, 6.07) is 1.66. The van der Waals surface area contributed by atoms with E-state index in [1.807, 2.05) is 0 Å². The van der Waals surface area contributed by atoms with Crippen LogP contribution < -0.4 is 5.69 Å². The highest BCUT2D eigenvalue weighted by Crippen LogP contribution is 2.66. The Hall–Kier alpha value is -1.29. The van der Waals surface area contributed by atoms with Crippen LogP contribution in [0, 0.1) is 6.92 Å². The first-order chi connectivity index (χ1) is 14.6. The minimum Gasteiger partial charge on any atom is -0.387 e. The van der Waals surface area contributed by atoms with Crippen LogP contribution in [-0.2, 0) is 31.6 Å². The monoisotopic (exact) mass is 521 g/mol. The second kappa shape index (κ2) is 8.81. The average Bonchev–Trinajstić information content (AvgIpc) is 3.08. The van der Waals surface area contributed by atoms with E-state index in [0.717, 1.165) is 4.57 Å². The van der Waals surface area contributed by atoms with E-state index in [1.165, 1.54) is 6.20 Å². The number of nitrogens with zero attached hydrogens (tertiary/aromatic N) is 2. The predicted octanol–water partition coefficient (Wildman–Crippen LogP) is -1.00. The van der Waals surface area contributed by atoms with Gasteiger partial charge in [0.05, 0.1) is 6.61 Å². The van der Waals surface area contributed by atoms with Crippen LogP contribution >= 0.6 is 23.5 Å². The first-order valence-corrected chi connectivity index (χ1v) is 13.0. The Kier molecular flexibility index (Phi) is 6.98. The first kappa shape index (κ1) is 25.3. The van der Waals surface area contributed by atoms with Crippen LogP contribution in [0.5, 0.6) is 0 Å². The highest BCUT2D eigenvalue weighted by atomic mass is 31.3. The van der Waals surface area contributed by atoms with Crippen molar-refractivity contribution in [2.24, 2.45) is 0 Å². The molecule has 1 aliphatic rings. The summed E-state index contributed by atoms with van der Waals surface area (Å²) in [5.41, 5.74) is 0.136. The van der Waals surface area contributed by atoms with Gasteiger partial charge in [-0.15, -0.1) is 0 Å². The number of hydrogen-bond acceptors (Lipinski definition) is 11. The van der Waals surface area contributed by atoms with Gasteiger partial charge < -0.3 is 39.5 Å². The van der Waals surface area contributed by atoms with Gasteiger partial charge in [-0.2, -0.15) is 13.6 Å². The van der Waals surface area contributed by atoms with Crippen LogP contribution in [-0.4, -0.2) is 69.2 Å². The number of aryl methyl sites for hydroxylation is 1. The van der Waals surface area contributed by atoms with Crippen LogP contribution in [0.1, 0.15) is 11.9 Å². The van der Waals surface area contributed by atoms with Crippen molar-refractivity contribution in [2.75, 3.05) is 6.61 Å². The number of nitrogens with one attached hydrogen (secondary N) is 1. The van der Waals surface area contributed by atoms with Gasteiger partial charge in [0.15, 0.2) is 6.23 Å². The van der Waals surface area contributed by atoms with Crippen molar-refractivity contribution in [2.45, 2.75) is 31.5 Å². The molecule has 2 aromatic heterocycles. The Morgan fingerprint density at radius 2 is 1.78 bits per heavy atom. The van der Waals surface area contributed by atoms with Gasteiger partial charge in [0, 0.05) is 17.3 Å². The van der Waals surface area contributed by atoms with E-state index in [0.29, 0.717) is 11.1 Å². The van der Waals surface area contributed by atoms with Crippen molar-refractivity contribution in [1.29, 1.82) is 0 Å². The Bertz CT molecular complexity index is 1200. The molecule has 0 spiro atoms. The first-order valence-electron chi connectivity index (χ1n) is 8.45. The summed E-state index contributed by atoms with van der Waals surface area (Å²) in [7, 11) is -16.8. The number of H-pyrrole nitrogens is 1. The molecule has 17 nitrogen and oxygen atoms in total. The molecule has 7 N–H and O–H groups in total. The normalized spacial score (nSPS) is 28.0. The maximum absolute atomic E-state index is 12.3. The molecule has 32 heavy (non-hydrogen) atoms. The molecule has 0 radical (unpaired) electrons. The highest BCUT2D eigenvalue weighted by molar-refractivity contribution is 7.66. The number of hydrogen-bond donors (Lipinski definition) is 7. The molecule has 3 rings (SSSR count). The molecule has 2 aromatic rings. The zero-order valence-corrected chi connectivity index (χ0v) is 18.5. The van der Waals surface area contributed by atoms with Gasteiger partial charge in [-0.3, -0.25) is 9.09 Å². The lowest BCUT2D eigenvalue weighted by molar-refractivity contribution is -0.0539. The van der Waals surface area contributed by atoms with Crippen LogP contribution in [0.25, 0.3) is 11.0 Å². The van der Waals surface area contributed by atoms with E-state index in [2.05, 4.69) is 23.1 Å². The van der Waals surface area contributed by atoms with Gasteiger partial charge in [-0.25, -0.2) is 18.5 Å². The molecule has 1 saturated heterocycles. The summed E-state index contributed by atoms with van der Waals surface area (Å²) in [6.07, 6.45) is -5.15. The second-order valence-corrected chi connectivity index (χ2v) is 11.0. The number of rotatable bonds is 8. The lowest BCUT2D eigenvalue weighted by atomic mass is 10.1. The molecule has 0 amide bonds. The maximum atomic E-state index is 12.3. The maximum Gasteiger partial charge on any atom is 0.490 e. The zero-order valence-electron chi connectivity index (χ0n) is 15.9. The number of ether oxygens (including phenoxy) is 1. The van der Waals surface area contributed by atoms with Crippen molar-refractivity contribution in [3.8, 4) is 0 Å². The molecule has 3 unspecified atom stereocenters. The van der Waals surface area contributed by atoms with E-state index in [4.69, 9.17) is 19.4 Å². The highest BCUT2D eigenvalue weighted by Gasteiger charge is 2.46. The molecular formula is C12H18N3O14P3. The number of fused-ring (bicyclic) bond motifs is 1. The summed E-state index contributed by atoms with van der Waals surface area (Å²) in [5, 5.41) is 20.9. The van der Waals surface area contributed by atoms with E-state index in [-0.39, 0.29) is 5.65 Å². The molecule has 3 heterocycles. The lowest BCUT2D eigenvalue weighted by Gasteiger charge is -2.19. The van der Waals surface area contributed by atoms with Crippen molar-refractivity contribution in [3.63, 3.8) is 0 Å². The summed E-state index contributed by atoms with van der Waals surface area (Å²) >= 11 is 0. The Morgan fingerprint density at radius 1 is 1.12 bits per heavy atom. The van der Waals surface area contributed by atoms with Gasteiger partial charge >= 0.3 is 29.2 Å². The molecule has 0 aromatic carbocycles. The largest absolute Gasteiger partial charge is 0.490 e. The third-order valence-electron chi connectivity index (χ3n) is 4.10. The fourth-order valence-corrected chi connectivity index (χ4v) is 5.93. The van der Waals surface area contributed by atoms with Crippen LogP contribution in [0.15, 0.2) is 17.1 Å². The zero-order chi connectivity index (χ0) is 24.1. The summed E-state index contributed by atoms with van der Waals surface area (Å²) < 4.78 is 51.5. The lowest BCUT2D eigenvalue weighted by Crippen LogP contribution is -2.36. The Morgan fingerprint density at radius 3 is 2.41 bits per heavy atom. The van der Waals surface area contributed by atoms with Gasteiger partial charge in [0.2, 0.25) is 0 Å². The van der Waals surface area contributed by atoms with Gasteiger partial charge in [-0.05, 0) is 13.0 Å². The molecule has 0 aliphatic carbocycles. The number of aromatic amines is 1. The smallest absolute Gasteiger partial charge is 0.387 e. The number of aromatic nitrogens is 3. The SMILES string of the molecule is Cc1cc2cn([C@@H]3O[C@H](COP(=O)(O)OP(=O)(O)OP(=O)(O)O)C(O)[C@@H]3O)c(=O)nc2[nH]1. The minimum absolute atomic E-state index is 0.279. The van der Waals surface area contributed by atoms with Crippen molar-refractivity contribution in [1.82, 2.24) is 14.5 Å². The fraction of sp³-hybridized carbons (Fsp3) is 0.500. The molecule has 0 bridgehead atoms. The quantitative estimate of drug-likeness (QED) is 0.205. The summed E-state index contributed by atoms with van der Waals surface area (Å²) in [4.78, 5) is 54.5. The van der Waals surface area contributed by atoms with Crippen molar-refractivity contribution < 1.29 is 61.4 Å². The topological polar surface area (TPSA) is 260 Å². The Balaban J connectivity index is 1.71. The Labute approximate surface area is 177 Å². The molecule has 20 heteroatoms. The molecular weight excluding hydrogens is 503 g/mol. The number of phosphoric acid groups is 3. The van der Waals surface area contributed by atoms with Gasteiger partial charge in [0.1, 0.15) is 24.0 Å². The molecule has 0 saturated carbocycles. The predicted molar refractivity (Wildman–Crippen MR) is 101 cm³/mol. The van der Waals surface area contributed by atoms with Crippen molar-refractivity contribution >= 4 is 34.5 Å². The third kappa shape index (κ3) is 5.98. The number of phosphoric ester groups is 1. The van der Waals surface area contributed by atoms with Gasteiger partial charge in [-0.1, -0.05) is 0 Å². The van der Waals surface area contributed by atoms with Gasteiger partial charge in [0.25, 0.3) is 0 Å². The molecule has 6 atom stereocenters. The van der Waals surface area contributed by atoms with Crippen LogP contribution in [0.4, 0.5) is 0 Å². The van der Waals surface area contributed by atoms with E-state index in [1.54, 1.807) is 13.0 Å². The van der Waals surface area contributed by atoms with E-state index < -0.39 is 60.3 Å². The van der Waals surface area contributed by atoms with Crippen LogP contribution in [0.3, 0.4) is 0 Å². The molecule has 1 aliphatic heterocycles. The number of aliphatic hydroxyl groups is 2. The third-order valence-corrected chi connectivity index (χ3v) is 7.90. The summed E-state index contributed by atoms with van der Waals surface area (Å²) in [6.45, 7) is 0.714. The summed E-state index contributed by atoms with van der Waals surface area (Å²) in [5.74, 6) is 0. The molecule has 1 fully saturated rings. The minimum atomic E-state index is -5.72. The number of aliphatic hydroxyl groups excluding tert-OH is 2. The second-order valence-electron chi connectivity index (χ2n) is 6.62. The standard InChI is InChI=1S/C12H18N3O14P3/c1-5-2-6-3-15(12(18)14-10(6)13-5)11-9(17)8(16)7(27-11)4-26-31(22,23)29-32(24,25)28-30(19,20)21/h2-3,7-9,11,16-17H,4H2,1H3,(H,22,23)(H,24,25)(H,13,14,18)(H2,19,20,21)/t7-,8?,9+,11-/m1/s1. The van der Waals surface area contributed by atoms with Crippen LogP contribution in [0.2, 0.25) is 0 Å². The molecule has 180 valence electrons. The van der Waals surface area contributed by atoms with E-state index in [9.17, 15) is 33.6 Å².